The first-order valence-electron chi connectivity index (χ1n) is 7.08. The molecular weight excluding hydrogens is 266 g/mol. The topological polar surface area (TPSA) is 76.0 Å². The average molecular weight is 285 g/mol. The Morgan fingerprint density at radius 1 is 1.19 bits per heavy atom. The van der Waals surface area contributed by atoms with Gasteiger partial charge in [0.05, 0.1) is 6.42 Å². The second-order valence-electron chi connectivity index (χ2n) is 4.89. The lowest BCUT2D eigenvalue weighted by atomic mass is 10.0. The minimum absolute atomic E-state index is 0.0258. The van der Waals surface area contributed by atoms with Gasteiger partial charge in [-0.1, -0.05) is 13.8 Å². The molecule has 1 N–H and O–H groups in total. The van der Waals surface area contributed by atoms with E-state index in [1.54, 1.807) is 12.4 Å². The zero-order valence-electron chi connectivity index (χ0n) is 12.6. The SMILES string of the molecule is CCc1nc(-c2ccncc2C)nc(CC)c1CC(=O)O. The third-order valence-electron chi connectivity index (χ3n) is 3.44. The van der Waals surface area contributed by atoms with Crippen LogP contribution in [0.25, 0.3) is 11.4 Å². The molecule has 0 amide bonds. The Labute approximate surface area is 124 Å². The summed E-state index contributed by atoms with van der Waals surface area (Å²) >= 11 is 0. The molecule has 0 unspecified atom stereocenters. The molecule has 0 saturated heterocycles. The fourth-order valence-electron chi connectivity index (χ4n) is 2.37. The number of hydrogen-bond acceptors (Lipinski definition) is 4. The first kappa shape index (κ1) is 15.1. The van der Waals surface area contributed by atoms with Gasteiger partial charge >= 0.3 is 5.97 Å². The summed E-state index contributed by atoms with van der Waals surface area (Å²) in [5.41, 5.74) is 4.33. The van der Waals surface area contributed by atoms with E-state index in [9.17, 15) is 4.79 Å². The second-order valence-corrected chi connectivity index (χ2v) is 4.89. The van der Waals surface area contributed by atoms with Crippen molar-refractivity contribution in [1.29, 1.82) is 0 Å². The summed E-state index contributed by atoms with van der Waals surface area (Å²) in [6.45, 7) is 5.93. The largest absolute Gasteiger partial charge is 0.481 e. The Kier molecular flexibility index (Phi) is 4.62. The van der Waals surface area contributed by atoms with Crippen molar-refractivity contribution in [3.05, 3.63) is 41.0 Å². The van der Waals surface area contributed by atoms with Gasteiger partial charge in [0, 0.05) is 34.9 Å². The highest BCUT2D eigenvalue weighted by molar-refractivity contribution is 5.71. The molecule has 5 nitrogen and oxygen atoms in total. The number of carbonyl (C=O) groups is 1. The Bertz CT molecular complexity index is 643. The van der Waals surface area contributed by atoms with Gasteiger partial charge in [-0.3, -0.25) is 9.78 Å². The Balaban J connectivity index is 2.60. The van der Waals surface area contributed by atoms with Crippen molar-refractivity contribution in [3.63, 3.8) is 0 Å². The monoisotopic (exact) mass is 285 g/mol. The zero-order valence-corrected chi connectivity index (χ0v) is 12.6. The molecule has 0 aliphatic heterocycles. The van der Waals surface area contributed by atoms with E-state index >= 15 is 0 Å². The fraction of sp³-hybridized carbons (Fsp3) is 0.375. The van der Waals surface area contributed by atoms with Gasteiger partial charge in [-0.25, -0.2) is 9.97 Å². The van der Waals surface area contributed by atoms with Crippen LogP contribution < -0.4 is 0 Å². The highest BCUT2D eigenvalue weighted by Gasteiger charge is 2.16. The summed E-state index contributed by atoms with van der Waals surface area (Å²) in [6, 6.07) is 1.89. The van der Waals surface area contributed by atoms with Crippen LogP contribution in [0.5, 0.6) is 0 Å². The lowest BCUT2D eigenvalue weighted by molar-refractivity contribution is -0.136. The van der Waals surface area contributed by atoms with Crippen LogP contribution in [0.3, 0.4) is 0 Å². The minimum Gasteiger partial charge on any atom is -0.481 e. The number of aryl methyl sites for hydroxylation is 3. The molecule has 5 heteroatoms. The van der Waals surface area contributed by atoms with Gasteiger partial charge in [0.25, 0.3) is 0 Å². The summed E-state index contributed by atoms with van der Waals surface area (Å²) in [6.07, 6.45) is 4.85. The molecule has 2 aromatic heterocycles. The summed E-state index contributed by atoms with van der Waals surface area (Å²) in [5.74, 6) is -0.200. The van der Waals surface area contributed by atoms with Crippen molar-refractivity contribution in [2.45, 2.75) is 40.0 Å². The van der Waals surface area contributed by atoms with Crippen molar-refractivity contribution in [2.24, 2.45) is 0 Å². The predicted molar refractivity (Wildman–Crippen MR) is 80.1 cm³/mol. The van der Waals surface area contributed by atoms with Crippen molar-refractivity contribution >= 4 is 5.97 Å². The number of carboxylic acid groups (broad SMARTS) is 1. The molecule has 2 rings (SSSR count). The quantitative estimate of drug-likeness (QED) is 0.913. The van der Waals surface area contributed by atoms with Crippen LogP contribution in [0.1, 0.15) is 36.4 Å². The van der Waals surface area contributed by atoms with Crippen LogP contribution in [0.2, 0.25) is 0 Å². The van der Waals surface area contributed by atoms with Crippen molar-refractivity contribution in [3.8, 4) is 11.4 Å². The van der Waals surface area contributed by atoms with Crippen molar-refractivity contribution < 1.29 is 9.90 Å². The van der Waals surface area contributed by atoms with Gasteiger partial charge in [-0.15, -0.1) is 0 Å². The molecule has 21 heavy (non-hydrogen) atoms. The van der Waals surface area contributed by atoms with Crippen molar-refractivity contribution in [2.75, 3.05) is 0 Å². The summed E-state index contributed by atoms with van der Waals surface area (Å²) < 4.78 is 0. The Hall–Kier alpha value is -2.30. The molecule has 0 aliphatic carbocycles. The van der Waals surface area contributed by atoms with Crippen LogP contribution in [0.4, 0.5) is 0 Å². The maximum absolute atomic E-state index is 11.1. The highest BCUT2D eigenvalue weighted by Crippen LogP contribution is 2.23. The summed E-state index contributed by atoms with van der Waals surface area (Å²) in [5, 5.41) is 9.07. The first-order chi connectivity index (χ1) is 10.1. The van der Waals surface area contributed by atoms with Crippen LogP contribution in [-0.2, 0) is 24.1 Å². The number of rotatable bonds is 5. The standard InChI is InChI=1S/C16H19N3O2/c1-4-13-12(8-15(20)21)14(5-2)19-16(18-13)11-6-7-17-9-10(11)3/h6-7,9H,4-5,8H2,1-3H3,(H,20,21). The van der Waals surface area contributed by atoms with Crippen LogP contribution in [0, 0.1) is 6.92 Å². The molecule has 0 atom stereocenters. The molecule has 0 bridgehead atoms. The number of pyridine rings is 1. The average Bonchev–Trinajstić information content (AvgIpc) is 2.47. The second kappa shape index (κ2) is 6.43. The fourth-order valence-corrected chi connectivity index (χ4v) is 2.37. The van der Waals surface area contributed by atoms with E-state index in [4.69, 9.17) is 5.11 Å². The molecule has 110 valence electrons. The van der Waals surface area contributed by atoms with Gasteiger partial charge < -0.3 is 5.11 Å². The van der Waals surface area contributed by atoms with E-state index in [0.29, 0.717) is 18.7 Å². The summed E-state index contributed by atoms with van der Waals surface area (Å²) in [7, 11) is 0. The minimum atomic E-state index is -0.851. The van der Waals surface area contributed by atoms with Gasteiger partial charge in [0.2, 0.25) is 0 Å². The van der Waals surface area contributed by atoms with Crippen LogP contribution in [0.15, 0.2) is 18.5 Å². The van der Waals surface area contributed by atoms with E-state index in [0.717, 1.165) is 28.1 Å². The van der Waals surface area contributed by atoms with Crippen molar-refractivity contribution in [1.82, 2.24) is 15.0 Å². The lowest BCUT2D eigenvalue weighted by Gasteiger charge is -2.13. The number of hydrogen-bond donors (Lipinski definition) is 1. The van der Waals surface area contributed by atoms with Gasteiger partial charge in [0.15, 0.2) is 5.82 Å². The Morgan fingerprint density at radius 2 is 1.81 bits per heavy atom. The van der Waals surface area contributed by atoms with E-state index in [-0.39, 0.29) is 6.42 Å². The molecule has 2 aromatic rings. The summed E-state index contributed by atoms with van der Waals surface area (Å²) in [4.78, 5) is 24.3. The van der Waals surface area contributed by atoms with E-state index in [2.05, 4.69) is 15.0 Å². The number of aromatic nitrogens is 3. The maximum atomic E-state index is 11.1. The van der Waals surface area contributed by atoms with Gasteiger partial charge in [-0.05, 0) is 31.4 Å². The lowest BCUT2D eigenvalue weighted by Crippen LogP contribution is -2.12. The third-order valence-corrected chi connectivity index (χ3v) is 3.44. The molecule has 2 heterocycles. The van der Waals surface area contributed by atoms with Gasteiger partial charge in [-0.2, -0.15) is 0 Å². The molecule has 0 saturated carbocycles. The Morgan fingerprint density at radius 3 is 2.29 bits per heavy atom. The number of carboxylic acids is 1. The zero-order chi connectivity index (χ0) is 15.4. The number of aliphatic carboxylic acids is 1. The number of nitrogens with zero attached hydrogens (tertiary/aromatic N) is 3. The van der Waals surface area contributed by atoms with Crippen LogP contribution in [-0.4, -0.2) is 26.0 Å². The smallest absolute Gasteiger partial charge is 0.307 e. The van der Waals surface area contributed by atoms with E-state index in [1.165, 1.54) is 0 Å². The molecular formula is C16H19N3O2. The molecule has 0 aromatic carbocycles. The normalized spacial score (nSPS) is 10.6. The third kappa shape index (κ3) is 3.24. The molecule has 0 radical (unpaired) electrons. The first-order valence-corrected chi connectivity index (χ1v) is 7.08. The highest BCUT2D eigenvalue weighted by atomic mass is 16.4. The van der Waals surface area contributed by atoms with Gasteiger partial charge in [0.1, 0.15) is 0 Å². The van der Waals surface area contributed by atoms with E-state index in [1.807, 2.05) is 26.8 Å². The van der Waals surface area contributed by atoms with E-state index < -0.39 is 5.97 Å². The maximum Gasteiger partial charge on any atom is 0.307 e. The van der Waals surface area contributed by atoms with Crippen LogP contribution >= 0.6 is 0 Å². The molecule has 0 spiro atoms. The predicted octanol–water partition coefficient (Wildman–Crippen LogP) is 2.60. The molecule has 0 aliphatic rings. The molecule has 0 fully saturated rings.